The molecule has 0 aliphatic heterocycles. The standard InChI is InChI=1S/C15H19ClN2O5S/c16-12-8-10(15(20)21)6-7-13(12)24(22,23)17-9-14(19)18-11-4-2-1-3-5-11/h6-8,11,17H,1-5,9H2,(H,18,19)(H,20,21). The van der Waals surface area contributed by atoms with E-state index in [4.69, 9.17) is 16.7 Å². The maximum Gasteiger partial charge on any atom is 0.335 e. The third-order valence-corrected chi connectivity index (χ3v) is 5.75. The number of hydrogen-bond donors (Lipinski definition) is 3. The van der Waals surface area contributed by atoms with Gasteiger partial charge in [-0.25, -0.2) is 17.9 Å². The van der Waals surface area contributed by atoms with Gasteiger partial charge in [0.25, 0.3) is 0 Å². The van der Waals surface area contributed by atoms with Crippen LogP contribution in [0.5, 0.6) is 0 Å². The molecule has 1 amide bonds. The van der Waals surface area contributed by atoms with E-state index < -0.39 is 28.4 Å². The highest BCUT2D eigenvalue weighted by Crippen LogP contribution is 2.22. The van der Waals surface area contributed by atoms with Crippen molar-refractivity contribution >= 4 is 33.5 Å². The van der Waals surface area contributed by atoms with Crippen LogP contribution in [0.3, 0.4) is 0 Å². The number of aromatic carboxylic acids is 1. The SMILES string of the molecule is O=C(CNS(=O)(=O)c1ccc(C(=O)O)cc1Cl)NC1CCCCC1. The van der Waals surface area contributed by atoms with Crippen molar-refractivity contribution in [1.29, 1.82) is 0 Å². The molecule has 1 aromatic rings. The number of hydrogen-bond acceptors (Lipinski definition) is 4. The minimum atomic E-state index is -4.01. The molecule has 24 heavy (non-hydrogen) atoms. The number of carboxylic acid groups (broad SMARTS) is 1. The summed E-state index contributed by atoms with van der Waals surface area (Å²) in [6, 6.07) is 3.40. The van der Waals surface area contributed by atoms with Crippen LogP contribution in [0.1, 0.15) is 42.5 Å². The van der Waals surface area contributed by atoms with Crippen LogP contribution in [0, 0.1) is 0 Å². The molecule has 0 saturated heterocycles. The molecular weight excluding hydrogens is 356 g/mol. The number of benzene rings is 1. The van der Waals surface area contributed by atoms with E-state index in [1.165, 1.54) is 0 Å². The molecular formula is C15H19ClN2O5S. The summed E-state index contributed by atoms with van der Waals surface area (Å²) in [5, 5.41) is 11.5. The number of sulfonamides is 1. The van der Waals surface area contributed by atoms with Crippen molar-refractivity contribution in [2.24, 2.45) is 0 Å². The van der Waals surface area contributed by atoms with Gasteiger partial charge in [0.1, 0.15) is 4.90 Å². The second kappa shape index (κ2) is 7.96. The summed E-state index contributed by atoms with van der Waals surface area (Å²) >= 11 is 5.85. The van der Waals surface area contributed by atoms with Crippen molar-refractivity contribution < 1.29 is 23.1 Å². The number of amides is 1. The van der Waals surface area contributed by atoms with Crippen molar-refractivity contribution in [2.75, 3.05) is 6.54 Å². The summed E-state index contributed by atoms with van der Waals surface area (Å²) in [6.45, 7) is -0.393. The Labute approximate surface area is 145 Å². The van der Waals surface area contributed by atoms with Gasteiger partial charge in [-0.2, -0.15) is 0 Å². The average molecular weight is 375 g/mol. The van der Waals surface area contributed by atoms with Gasteiger partial charge >= 0.3 is 5.97 Å². The minimum absolute atomic E-state index is 0.0918. The summed E-state index contributed by atoms with van der Waals surface area (Å²) in [4.78, 5) is 22.4. The van der Waals surface area contributed by atoms with Crippen molar-refractivity contribution in [3.63, 3.8) is 0 Å². The van der Waals surface area contributed by atoms with E-state index in [1.54, 1.807) is 0 Å². The fourth-order valence-electron chi connectivity index (χ4n) is 2.62. The predicted octanol–water partition coefficient (Wildman–Crippen LogP) is 1.77. The number of carbonyl (C=O) groups is 2. The maximum absolute atomic E-state index is 12.2. The van der Waals surface area contributed by atoms with E-state index in [-0.39, 0.29) is 21.5 Å². The molecule has 1 aromatic carbocycles. The molecule has 7 nitrogen and oxygen atoms in total. The zero-order valence-corrected chi connectivity index (χ0v) is 14.5. The third kappa shape index (κ3) is 4.93. The van der Waals surface area contributed by atoms with Crippen LogP contribution in [-0.2, 0) is 14.8 Å². The molecule has 2 rings (SSSR count). The maximum atomic E-state index is 12.2. The van der Waals surface area contributed by atoms with Gasteiger partial charge in [-0.05, 0) is 31.0 Å². The molecule has 132 valence electrons. The van der Waals surface area contributed by atoms with Gasteiger partial charge < -0.3 is 10.4 Å². The Morgan fingerprint density at radius 2 is 1.88 bits per heavy atom. The highest BCUT2D eigenvalue weighted by Gasteiger charge is 2.21. The van der Waals surface area contributed by atoms with E-state index in [2.05, 4.69) is 10.0 Å². The van der Waals surface area contributed by atoms with E-state index >= 15 is 0 Å². The van der Waals surface area contributed by atoms with Gasteiger partial charge in [-0.1, -0.05) is 30.9 Å². The number of carbonyl (C=O) groups excluding carboxylic acids is 1. The van der Waals surface area contributed by atoms with Gasteiger partial charge in [0.2, 0.25) is 15.9 Å². The summed E-state index contributed by atoms with van der Waals surface area (Å²) < 4.78 is 26.6. The number of nitrogens with one attached hydrogen (secondary N) is 2. The van der Waals surface area contributed by atoms with Crippen LogP contribution in [-0.4, -0.2) is 38.0 Å². The summed E-state index contributed by atoms with van der Waals surface area (Å²) in [5.41, 5.74) is -0.117. The van der Waals surface area contributed by atoms with Crippen LogP contribution in [0.4, 0.5) is 0 Å². The Morgan fingerprint density at radius 3 is 2.46 bits per heavy atom. The molecule has 0 bridgehead atoms. The Balaban J connectivity index is 1.98. The number of carboxylic acids is 1. The quantitative estimate of drug-likeness (QED) is 0.702. The molecule has 0 heterocycles. The van der Waals surface area contributed by atoms with E-state index in [9.17, 15) is 18.0 Å². The predicted molar refractivity (Wildman–Crippen MR) is 88.6 cm³/mol. The van der Waals surface area contributed by atoms with Gasteiger partial charge in [0.05, 0.1) is 17.1 Å². The Bertz CT molecular complexity index is 729. The molecule has 1 aliphatic rings. The van der Waals surface area contributed by atoms with Crippen LogP contribution in [0.15, 0.2) is 23.1 Å². The highest BCUT2D eigenvalue weighted by atomic mass is 35.5. The van der Waals surface area contributed by atoms with E-state index in [1.807, 2.05) is 0 Å². The van der Waals surface area contributed by atoms with Crippen molar-refractivity contribution in [3.8, 4) is 0 Å². The molecule has 0 unspecified atom stereocenters. The molecule has 0 radical (unpaired) electrons. The molecule has 1 fully saturated rings. The Morgan fingerprint density at radius 1 is 1.21 bits per heavy atom. The van der Waals surface area contributed by atoms with Crippen LogP contribution >= 0.6 is 11.6 Å². The molecule has 1 aliphatic carbocycles. The Hall–Kier alpha value is -1.64. The van der Waals surface area contributed by atoms with Crippen LogP contribution < -0.4 is 10.0 Å². The topological polar surface area (TPSA) is 113 Å². The van der Waals surface area contributed by atoms with E-state index in [0.717, 1.165) is 50.3 Å². The largest absolute Gasteiger partial charge is 0.478 e. The Kier molecular flexibility index (Phi) is 6.20. The molecule has 0 aromatic heterocycles. The van der Waals surface area contributed by atoms with Crippen molar-refractivity contribution in [1.82, 2.24) is 10.0 Å². The van der Waals surface area contributed by atoms with Crippen molar-refractivity contribution in [3.05, 3.63) is 28.8 Å². The lowest BCUT2D eigenvalue weighted by Gasteiger charge is -2.22. The van der Waals surface area contributed by atoms with Crippen LogP contribution in [0.2, 0.25) is 5.02 Å². The first-order valence-electron chi connectivity index (χ1n) is 7.61. The first kappa shape index (κ1) is 18.7. The number of rotatable bonds is 6. The van der Waals surface area contributed by atoms with Gasteiger partial charge in [-0.3, -0.25) is 4.79 Å². The lowest BCUT2D eigenvalue weighted by atomic mass is 9.95. The molecule has 9 heteroatoms. The molecule has 0 atom stereocenters. The lowest BCUT2D eigenvalue weighted by Crippen LogP contribution is -2.42. The smallest absolute Gasteiger partial charge is 0.335 e. The van der Waals surface area contributed by atoms with Gasteiger partial charge in [0, 0.05) is 6.04 Å². The minimum Gasteiger partial charge on any atom is -0.478 e. The van der Waals surface area contributed by atoms with Crippen LogP contribution in [0.25, 0.3) is 0 Å². The summed E-state index contributed by atoms with van der Waals surface area (Å²) in [7, 11) is -4.01. The summed E-state index contributed by atoms with van der Waals surface area (Å²) in [5.74, 6) is -1.61. The molecule has 1 saturated carbocycles. The zero-order chi connectivity index (χ0) is 17.7. The normalized spacial score (nSPS) is 15.9. The average Bonchev–Trinajstić information content (AvgIpc) is 2.53. The molecule has 0 spiro atoms. The first-order chi connectivity index (χ1) is 11.3. The fourth-order valence-corrected chi connectivity index (χ4v) is 4.14. The van der Waals surface area contributed by atoms with Gasteiger partial charge in [0.15, 0.2) is 0 Å². The van der Waals surface area contributed by atoms with Gasteiger partial charge in [-0.15, -0.1) is 0 Å². The fraction of sp³-hybridized carbons (Fsp3) is 0.467. The van der Waals surface area contributed by atoms with Crippen molar-refractivity contribution in [2.45, 2.75) is 43.0 Å². The van der Waals surface area contributed by atoms with E-state index in [0.29, 0.717) is 0 Å². The number of halogens is 1. The lowest BCUT2D eigenvalue weighted by molar-refractivity contribution is -0.120. The second-order valence-electron chi connectivity index (χ2n) is 5.68. The second-order valence-corrected chi connectivity index (χ2v) is 7.82. The molecule has 3 N–H and O–H groups in total. The summed E-state index contributed by atoms with van der Waals surface area (Å²) in [6.07, 6.45) is 5.08. The third-order valence-electron chi connectivity index (χ3n) is 3.86. The highest BCUT2D eigenvalue weighted by molar-refractivity contribution is 7.89. The monoisotopic (exact) mass is 374 g/mol. The zero-order valence-electron chi connectivity index (χ0n) is 12.9. The first-order valence-corrected chi connectivity index (χ1v) is 9.47.